The van der Waals surface area contributed by atoms with E-state index in [4.69, 9.17) is 4.74 Å². The Labute approximate surface area is 319 Å². The third-order valence-corrected chi connectivity index (χ3v) is 14.0. The molecule has 1 aromatic carbocycles. The van der Waals surface area contributed by atoms with E-state index < -0.39 is 16.0 Å². The topological polar surface area (TPSA) is 132 Å². The first-order chi connectivity index (χ1) is 25.8. The van der Waals surface area contributed by atoms with Gasteiger partial charge in [0.1, 0.15) is 17.9 Å². The van der Waals surface area contributed by atoms with Crippen LogP contribution in [0, 0.1) is 17.2 Å². The minimum Gasteiger partial charge on any atom is -0.451 e. The van der Waals surface area contributed by atoms with Gasteiger partial charge in [-0.15, -0.1) is 0 Å². The largest absolute Gasteiger partial charge is 0.451 e. The molecular formula is C39H55FN8O5S. The number of nitrogens with zero attached hydrogens (tertiary/aromatic N) is 7. The summed E-state index contributed by atoms with van der Waals surface area (Å²) in [6, 6.07) is 3.61. The highest BCUT2D eigenvalue weighted by molar-refractivity contribution is 7.87. The molecule has 1 N–H and O–H groups in total. The summed E-state index contributed by atoms with van der Waals surface area (Å²) in [5.74, 6) is 1.00. The first-order valence-electron chi connectivity index (χ1n) is 19.6. The molecular weight excluding hydrogens is 712 g/mol. The molecule has 5 heterocycles. The fraction of sp³-hybridized carbons (Fsp3) is 0.641. The average molecular weight is 767 g/mol. The highest BCUT2D eigenvalue weighted by Crippen LogP contribution is 2.45. The van der Waals surface area contributed by atoms with E-state index in [2.05, 4.69) is 31.1 Å². The quantitative estimate of drug-likeness (QED) is 0.312. The van der Waals surface area contributed by atoms with Crippen molar-refractivity contribution in [3.63, 3.8) is 0 Å². The molecule has 2 aromatic rings. The summed E-state index contributed by atoms with van der Waals surface area (Å²) in [6.07, 6.45) is 11.0. The molecule has 294 valence electrons. The minimum absolute atomic E-state index is 0.0533. The third kappa shape index (κ3) is 7.87. The van der Waals surface area contributed by atoms with Crippen molar-refractivity contribution < 1.29 is 27.1 Å². The van der Waals surface area contributed by atoms with Crippen LogP contribution < -0.4 is 14.4 Å². The molecule has 2 atom stereocenters. The number of nitrogens with one attached hydrogen (secondary N) is 1. The van der Waals surface area contributed by atoms with Gasteiger partial charge in [-0.25, -0.2) is 14.4 Å². The number of hydrogen-bond donors (Lipinski definition) is 1. The van der Waals surface area contributed by atoms with Crippen LogP contribution >= 0.6 is 0 Å². The molecule has 5 fully saturated rings. The van der Waals surface area contributed by atoms with E-state index in [1.807, 2.05) is 27.7 Å². The number of likely N-dealkylation sites (tertiary alicyclic amines) is 2. The minimum atomic E-state index is -3.60. The van der Waals surface area contributed by atoms with Gasteiger partial charge in [-0.05, 0) is 116 Å². The Morgan fingerprint density at radius 1 is 1.06 bits per heavy atom. The van der Waals surface area contributed by atoms with Crippen LogP contribution in [0.5, 0.6) is 11.5 Å². The number of ether oxygens (including phenoxy) is 1. The van der Waals surface area contributed by atoms with Crippen molar-refractivity contribution in [3.05, 3.63) is 54.8 Å². The Bertz CT molecular complexity index is 1810. The number of piperazine rings is 1. The maximum absolute atomic E-state index is 14.4. The van der Waals surface area contributed by atoms with Gasteiger partial charge in [0.25, 0.3) is 16.1 Å². The number of carbonyl (C=O) groups is 2. The maximum atomic E-state index is 14.4. The van der Waals surface area contributed by atoms with Crippen LogP contribution in [0.25, 0.3) is 0 Å². The monoisotopic (exact) mass is 766 g/mol. The Kier molecular flexibility index (Phi) is 11.1. The molecule has 4 saturated heterocycles. The summed E-state index contributed by atoms with van der Waals surface area (Å²) in [6.45, 7) is 16.9. The molecule has 1 aliphatic carbocycles. The lowest BCUT2D eigenvalue weighted by Gasteiger charge is -2.54. The van der Waals surface area contributed by atoms with Crippen molar-refractivity contribution in [1.82, 2.24) is 33.7 Å². The van der Waals surface area contributed by atoms with E-state index >= 15 is 0 Å². The van der Waals surface area contributed by atoms with Gasteiger partial charge in [0.2, 0.25) is 5.91 Å². The summed E-state index contributed by atoms with van der Waals surface area (Å²) in [5, 5.41) is 0. The van der Waals surface area contributed by atoms with Crippen LogP contribution in [-0.4, -0.2) is 125 Å². The first kappa shape index (κ1) is 38.6. The van der Waals surface area contributed by atoms with E-state index in [0.29, 0.717) is 37.0 Å². The van der Waals surface area contributed by atoms with Crippen molar-refractivity contribution in [2.24, 2.45) is 11.3 Å². The summed E-state index contributed by atoms with van der Waals surface area (Å²) >= 11 is 0. The van der Waals surface area contributed by atoms with Gasteiger partial charge in [-0.3, -0.25) is 9.59 Å². The number of piperidine rings is 1. The lowest BCUT2D eigenvalue weighted by atomic mass is 9.71. The van der Waals surface area contributed by atoms with E-state index in [1.54, 1.807) is 20.3 Å². The molecule has 7 rings (SSSR count). The summed E-state index contributed by atoms with van der Waals surface area (Å²) < 4.78 is 51.9. The second-order valence-corrected chi connectivity index (χ2v) is 18.3. The number of carbonyl (C=O) groups excluding carboxylic acids is 2. The molecule has 13 nitrogen and oxygen atoms in total. The standard InChI is InChI=1S/C39H55FN8O5S/c1-6-36(49)46-21-32-18-31(46)22-47(32)54(51,52)43-30-10-7-28(8-11-30)20-44-15-13-39(14-16-44)23-45(24-39)37-35(19-41-25-42-37)53-34-12-9-29(40)17-33(34)38(50)48(26(2)3)27(4)5/h6,9,12,17,19,25-28,30-32,43H,1,7-8,10-11,13-16,18,20-24H2,2-5H3/t28?,30?,31-,32-/m0/s1. The lowest BCUT2D eigenvalue weighted by Crippen LogP contribution is -2.61. The average Bonchev–Trinajstić information content (AvgIpc) is 3.75. The van der Waals surface area contributed by atoms with E-state index in [9.17, 15) is 22.4 Å². The van der Waals surface area contributed by atoms with Crippen molar-refractivity contribution in [3.8, 4) is 11.5 Å². The molecule has 4 aliphatic heterocycles. The van der Waals surface area contributed by atoms with Gasteiger partial charge in [0, 0.05) is 68.3 Å². The van der Waals surface area contributed by atoms with Crippen LogP contribution in [0.2, 0.25) is 0 Å². The Morgan fingerprint density at radius 2 is 1.76 bits per heavy atom. The van der Waals surface area contributed by atoms with Gasteiger partial charge in [-0.2, -0.15) is 17.4 Å². The second-order valence-electron chi connectivity index (χ2n) is 16.7. The SMILES string of the molecule is C=CC(=O)N1C[C@@H]2C[C@H]1CN2S(=O)(=O)NC1CCC(CN2CCC3(CC2)CN(c2ncncc2Oc2ccc(F)cc2C(=O)N(C(C)C)C(C)C)C3)CC1. The molecule has 0 unspecified atom stereocenters. The van der Waals surface area contributed by atoms with E-state index in [1.165, 1.54) is 30.6 Å². The Morgan fingerprint density at radius 3 is 2.39 bits per heavy atom. The number of anilines is 1. The van der Waals surface area contributed by atoms with E-state index in [0.717, 1.165) is 71.2 Å². The highest BCUT2D eigenvalue weighted by atomic mass is 32.2. The number of aromatic nitrogens is 2. The zero-order valence-electron chi connectivity index (χ0n) is 32.0. The van der Waals surface area contributed by atoms with Crippen molar-refractivity contribution in [2.45, 2.75) is 103 Å². The summed E-state index contributed by atoms with van der Waals surface area (Å²) in [5.41, 5.74) is 0.366. The zero-order chi connectivity index (χ0) is 38.4. The fourth-order valence-electron chi connectivity index (χ4n) is 9.56. The van der Waals surface area contributed by atoms with Crippen LogP contribution in [0.15, 0.2) is 43.4 Å². The normalized spacial score (nSPS) is 25.7. The molecule has 0 radical (unpaired) electrons. The predicted octanol–water partition coefficient (Wildman–Crippen LogP) is 4.43. The number of amides is 2. The number of hydrogen-bond acceptors (Lipinski definition) is 9. The van der Waals surface area contributed by atoms with Crippen LogP contribution in [0.3, 0.4) is 0 Å². The maximum Gasteiger partial charge on any atom is 0.280 e. The molecule has 1 saturated carbocycles. The number of fused-ring (bicyclic) bond motifs is 2. The smallest absolute Gasteiger partial charge is 0.280 e. The molecule has 54 heavy (non-hydrogen) atoms. The molecule has 2 bridgehead atoms. The third-order valence-electron chi connectivity index (χ3n) is 12.3. The van der Waals surface area contributed by atoms with Crippen molar-refractivity contribution in [1.29, 1.82) is 0 Å². The van der Waals surface area contributed by atoms with Gasteiger partial charge in [0.15, 0.2) is 11.6 Å². The molecule has 1 aromatic heterocycles. The lowest BCUT2D eigenvalue weighted by molar-refractivity contribution is -0.127. The molecule has 5 aliphatic rings. The van der Waals surface area contributed by atoms with Crippen molar-refractivity contribution >= 4 is 27.8 Å². The predicted molar refractivity (Wildman–Crippen MR) is 204 cm³/mol. The van der Waals surface area contributed by atoms with Crippen molar-refractivity contribution in [2.75, 3.05) is 50.7 Å². The summed E-state index contributed by atoms with van der Waals surface area (Å²) in [4.78, 5) is 42.7. The van der Waals surface area contributed by atoms with Gasteiger partial charge >= 0.3 is 0 Å². The highest BCUT2D eigenvalue weighted by Gasteiger charge is 2.50. The first-order valence-corrected chi connectivity index (χ1v) is 21.0. The molecule has 2 amide bonds. The number of rotatable bonds is 12. The van der Waals surface area contributed by atoms with Crippen LogP contribution in [0.4, 0.5) is 10.2 Å². The van der Waals surface area contributed by atoms with Gasteiger partial charge in [0.05, 0.1) is 11.8 Å². The zero-order valence-corrected chi connectivity index (χ0v) is 32.8. The van der Waals surface area contributed by atoms with Gasteiger partial charge < -0.3 is 24.3 Å². The number of benzene rings is 1. The second kappa shape index (κ2) is 15.5. The fourth-order valence-corrected chi connectivity index (χ4v) is 11.3. The summed E-state index contributed by atoms with van der Waals surface area (Å²) in [7, 11) is -3.60. The van der Waals surface area contributed by atoms with Crippen LogP contribution in [-0.2, 0) is 15.0 Å². The Hall–Kier alpha value is -3.66. The Balaban J connectivity index is 0.879. The van der Waals surface area contributed by atoms with E-state index in [-0.39, 0.29) is 58.8 Å². The van der Waals surface area contributed by atoms with Crippen LogP contribution in [0.1, 0.15) is 83.0 Å². The van der Waals surface area contributed by atoms with Gasteiger partial charge in [-0.1, -0.05) is 6.58 Å². The molecule has 1 spiro atoms. The number of halogens is 1. The molecule has 15 heteroatoms.